The molecule has 4 heteroatoms. The van der Waals surface area contributed by atoms with Crippen LogP contribution in [0.4, 0.5) is 0 Å². The molecular formula is C22H26N2O2. The number of aryl methyl sites for hydroxylation is 2. The molecule has 0 saturated carbocycles. The maximum absolute atomic E-state index is 13.4. The fourth-order valence-corrected chi connectivity index (χ4v) is 4.44. The third-order valence-corrected chi connectivity index (χ3v) is 5.78. The van der Waals surface area contributed by atoms with E-state index >= 15 is 0 Å². The van der Waals surface area contributed by atoms with Gasteiger partial charge in [-0.15, -0.1) is 0 Å². The Morgan fingerprint density at radius 2 is 2.04 bits per heavy atom. The maximum Gasteiger partial charge on any atom is 0.255 e. The number of benzene rings is 2. The van der Waals surface area contributed by atoms with Crippen LogP contribution in [0.2, 0.25) is 0 Å². The van der Waals surface area contributed by atoms with Gasteiger partial charge in [0, 0.05) is 31.1 Å². The molecular weight excluding hydrogens is 324 g/mol. The van der Waals surface area contributed by atoms with Crippen molar-refractivity contribution in [2.75, 3.05) is 20.2 Å². The van der Waals surface area contributed by atoms with Crippen LogP contribution in [0, 0.1) is 6.92 Å². The Morgan fingerprint density at radius 1 is 1.19 bits per heavy atom. The molecule has 0 aromatic heterocycles. The van der Waals surface area contributed by atoms with Crippen LogP contribution in [-0.4, -0.2) is 37.0 Å². The summed E-state index contributed by atoms with van der Waals surface area (Å²) in [6, 6.07) is 12.7. The molecule has 4 nitrogen and oxygen atoms in total. The maximum atomic E-state index is 13.4. The molecule has 1 saturated heterocycles. The van der Waals surface area contributed by atoms with Crippen LogP contribution in [0.1, 0.15) is 45.5 Å². The van der Waals surface area contributed by atoms with Crippen LogP contribution in [0.3, 0.4) is 0 Å². The van der Waals surface area contributed by atoms with E-state index in [0.717, 1.165) is 42.0 Å². The summed E-state index contributed by atoms with van der Waals surface area (Å²) in [5.74, 6) is 1.36. The summed E-state index contributed by atoms with van der Waals surface area (Å²) < 4.78 is 5.34. The summed E-state index contributed by atoms with van der Waals surface area (Å²) >= 11 is 0. The molecule has 1 N–H and O–H groups in total. The summed E-state index contributed by atoms with van der Waals surface area (Å²) in [5, 5.41) is 3.50. The number of hydrogen-bond donors (Lipinski definition) is 1. The van der Waals surface area contributed by atoms with Gasteiger partial charge >= 0.3 is 0 Å². The SMILES string of the molecule is CCc1cc(C)c2c(c1)[C@@H]1CNC[C@H]1N(Cc1cccc(OC)c1)C2=O. The molecule has 0 radical (unpaired) electrons. The molecule has 2 atom stereocenters. The van der Waals surface area contributed by atoms with Crippen molar-refractivity contribution in [3.05, 3.63) is 64.2 Å². The van der Waals surface area contributed by atoms with Gasteiger partial charge in [-0.05, 0) is 47.7 Å². The second-order valence-corrected chi connectivity index (χ2v) is 7.35. The van der Waals surface area contributed by atoms with Crippen LogP contribution >= 0.6 is 0 Å². The van der Waals surface area contributed by atoms with Gasteiger partial charge in [-0.2, -0.15) is 0 Å². The lowest BCUT2D eigenvalue weighted by Crippen LogP contribution is -2.48. The van der Waals surface area contributed by atoms with Crippen molar-refractivity contribution in [1.82, 2.24) is 10.2 Å². The number of carbonyl (C=O) groups excluding carboxylic acids is 1. The van der Waals surface area contributed by atoms with E-state index in [4.69, 9.17) is 4.74 Å². The molecule has 0 bridgehead atoms. The van der Waals surface area contributed by atoms with Crippen LogP contribution in [0.25, 0.3) is 0 Å². The first-order chi connectivity index (χ1) is 12.6. The Bertz CT molecular complexity index is 846. The third-order valence-electron chi connectivity index (χ3n) is 5.78. The molecule has 2 aliphatic rings. The molecule has 0 spiro atoms. The topological polar surface area (TPSA) is 41.6 Å². The molecule has 2 heterocycles. The van der Waals surface area contributed by atoms with E-state index in [-0.39, 0.29) is 11.9 Å². The Labute approximate surface area is 155 Å². The third kappa shape index (κ3) is 2.78. The van der Waals surface area contributed by atoms with E-state index in [9.17, 15) is 4.79 Å². The lowest BCUT2D eigenvalue weighted by molar-refractivity contribution is 0.0629. The molecule has 0 aliphatic carbocycles. The standard InChI is InChI=1S/C22H26N2O2/c1-4-15-8-14(2)21-18(10-15)19-11-23-12-20(19)24(22(21)25)13-16-6-5-7-17(9-16)26-3/h5-10,19-20,23H,4,11-13H2,1-3H3/t19-,20+/m0/s1. The Kier molecular flexibility index (Phi) is 4.45. The van der Waals surface area contributed by atoms with E-state index in [1.54, 1.807) is 7.11 Å². The summed E-state index contributed by atoms with van der Waals surface area (Å²) in [6.07, 6.45) is 1.00. The number of fused-ring (bicyclic) bond motifs is 3. The van der Waals surface area contributed by atoms with Crippen molar-refractivity contribution in [3.8, 4) is 5.75 Å². The lowest BCUT2D eigenvalue weighted by Gasteiger charge is -2.39. The van der Waals surface area contributed by atoms with Gasteiger partial charge in [0.2, 0.25) is 0 Å². The number of carbonyl (C=O) groups is 1. The van der Waals surface area contributed by atoms with Crippen LogP contribution < -0.4 is 10.1 Å². The largest absolute Gasteiger partial charge is 0.497 e. The van der Waals surface area contributed by atoms with Crippen LogP contribution in [0.5, 0.6) is 5.75 Å². The van der Waals surface area contributed by atoms with E-state index in [2.05, 4.69) is 42.3 Å². The van der Waals surface area contributed by atoms with Gasteiger partial charge in [-0.3, -0.25) is 4.79 Å². The number of rotatable bonds is 4. The zero-order valence-corrected chi connectivity index (χ0v) is 15.7. The summed E-state index contributed by atoms with van der Waals surface area (Å²) in [7, 11) is 1.67. The van der Waals surface area contributed by atoms with Gasteiger partial charge in [0.05, 0.1) is 13.2 Å². The highest BCUT2D eigenvalue weighted by molar-refractivity contribution is 5.99. The summed E-state index contributed by atoms with van der Waals surface area (Å²) in [6.45, 7) is 6.66. The number of hydrogen-bond acceptors (Lipinski definition) is 3. The van der Waals surface area contributed by atoms with Gasteiger partial charge in [0.15, 0.2) is 0 Å². The van der Waals surface area contributed by atoms with E-state index in [1.807, 2.05) is 18.2 Å². The summed E-state index contributed by atoms with van der Waals surface area (Å²) in [4.78, 5) is 15.5. The van der Waals surface area contributed by atoms with Gasteiger partial charge in [0.1, 0.15) is 5.75 Å². The minimum Gasteiger partial charge on any atom is -0.497 e. The van der Waals surface area contributed by atoms with E-state index < -0.39 is 0 Å². The molecule has 4 rings (SSSR count). The average molecular weight is 350 g/mol. The number of methoxy groups -OCH3 is 1. The van der Waals surface area contributed by atoms with E-state index in [1.165, 1.54) is 11.1 Å². The highest BCUT2D eigenvalue weighted by atomic mass is 16.5. The fourth-order valence-electron chi connectivity index (χ4n) is 4.44. The minimum atomic E-state index is 0.160. The molecule has 0 unspecified atom stereocenters. The molecule has 2 aromatic carbocycles. The molecule has 1 fully saturated rings. The van der Waals surface area contributed by atoms with Crippen LogP contribution in [-0.2, 0) is 13.0 Å². The highest BCUT2D eigenvalue weighted by Gasteiger charge is 2.43. The first-order valence-corrected chi connectivity index (χ1v) is 9.40. The second kappa shape index (κ2) is 6.76. The Morgan fingerprint density at radius 3 is 2.81 bits per heavy atom. The van der Waals surface area contributed by atoms with Crippen molar-refractivity contribution in [1.29, 1.82) is 0 Å². The number of amides is 1. The predicted octanol–water partition coefficient (Wildman–Crippen LogP) is 3.28. The zero-order chi connectivity index (χ0) is 18.3. The van der Waals surface area contributed by atoms with Crippen LogP contribution in [0.15, 0.2) is 36.4 Å². The van der Waals surface area contributed by atoms with E-state index in [0.29, 0.717) is 12.5 Å². The lowest BCUT2D eigenvalue weighted by atomic mass is 9.81. The summed E-state index contributed by atoms with van der Waals surface area (Å²) in [5.41, 5.74) is 5.68. The molecule has 1 amide bonds. The smallest absolute Gasteiger partial charge is 0.255 e. The normalized spacial score (nSPS) is 21.5. The first-order valence-electron chi connectivity index (χ1n) is 9.40. The van der Waals surface area contributed by atoms with Crippen molar-refractivity contribution >= 4 is 5.91 Å². The zero-order valence-electron chi connectivity index (χ0n) is 15.7. The molecule has 26 heavy (non-hydrogen) atoms. The molecule has 2 aliphatic heterocycles. The van der Waals surface area contributed by atoms with Crippen molar-refractivity contribution < 1.29 is 9.53 Å². The highest BCUT2D eigenvalue weighted by Crippen LogP contribution is 2.38. The Balaban J connectivity index is 1.74. The van der Waals surface area contributed by atoms with Crippen molar-refractivity contribution in [2.24, 2.45) is 0 Å². The van der Waals surface area contributed by atoms with Gasteiger partial charge in [0.25, 0.3) is 5.91 Å². The first kappa shape index (κ1) is 17.1. The second-order valence-electron chi connectivity index (χ2n) is 7.35. The Hall–Kier alpha value is -2.33. The molecule has 136 valence electrons. The monoisotopic (exact) mass is 350 g/mol. The van der Waals surface area contributed by atoms with Crippen molar-refractivity contribution in [2.45, 2.75) is 38.8 Å². The predicted molar refractivity (Wildman–Crippen MR) is 103 cm³/mol. The van der Waals surface area contributed by atoms with Gasteiger partial charge in [-0.1, -0.05) is 31.2 Å². The molecule has 2 aromatic rings. The van der Waals surface area contributed by atoms with Gasteiger partial charge < -0.3 is 15.0 Å². The van der Waals surface area contributed by atoms with Crippen molar-refractivity contribution in [3.63, 3.8) is 0 Å². The fraction of sp³-hybridized carbons (Fsp3) is 0.409. The quantitative estimate of drug-likeness (QED) is 0.920. The number of nitrogens with one attached hydrogen (secondary N) is 1. The average Bonchev–Trinajstić information content (AvgIpc) is 3.14. The minimum absolute atomic E-state index is 0.160. The number of ether oxygens (including phenoxy) is 1. The number of nitrogens with zero attached hydrogens (tertiary/aromatic N) is 1. The van der Waals surface area contributed by atoms with Gasteiger partial charge in [-0.25, -0.2) is 0 Å².